The number of nitrogens with two attached hydrogens (primary N) is 1. The van der Waals surface area contributed by atoms with Crippen molar-refractivity contribution in [3.63, 3.8) is 0 Å². The standard InChI is InChI=1S/C12H26N4O/c1-3-17-10-6-9-14-12(15-13)16(2)11-7-4-5-8-11/h11H,3-10,13H2,1-2H3,(H,14,15). The molecule has 3 N–H and O–H groups in total. The molecular formula is C12H26N4O. The first-order valence-corrected chi connectivity index (χ1v) is 6.61. The number of nitrogens with zero attached hydrogens (tertiary/aromatic N) is 2. The third-order valence-corrected chi connectivity index (χ3v) is 3.25. The van der Waals surface area contributed by atoms with E-state index < -0.39 is 0 Å². The van der Waals surface area contributed by atoms with Gasteiger partial charge < -0.3 is 9.64 Å². The summed E-state index contributed by atoms with van der Waals surface area (Å²) in [4.78, 5) is 6.66. The summed E-state index contributed by atoms with van der Waals surface area (Å²) in [6.07, 6.45) is 6.07. The molecule has 1 aliphatic rings. The monoisotopic (exact) mass is 242 g/mol. The lowest BCUT2D eigenvalue weighted by atomic mass is 10.2. The number of hydrogen-bond acceptors (Lipinski definition) is 3. The molecule has 0 atom stereocenters. The number of hydrazine groups is 1. The number of nitrogens with one attached hydrogen (secondary N) is 1. The summed E-state index contributed by atoms with van der Waals surface area (Å²) in [6.45, 7) is 4.30. The van der Waals surface area contributed by atoms with Gasteiger partial charge in [-0.15, -0.1) is 0 Å². The first kappa shape index (κ1) is 14.3. The van der Waals surface area contributed by atoms with Crippen LogP contribution in [0.15, 0.2) is 4.99 Å². The molecule has 0 bridgehead atoms. The van der Waals surface area contributed by atoms with Gasteiger partial charge in [0.25, 0.3) is 0 Å². The Labute approximate surface area is 104 Å². The maximum Gasteiger partial charge on any atom is 0.208 e. The van der Waals surface area contributed by atoms with Crippen molar-refractivity contribution >= 4 is 5.96 Å². The fourth-order valence-corrected chi connectivity index (χ4v) is 2.22. The first-order chi connectivity index (χ1) is 8.29. The Hall–Kier alpha value is -0.810. The third-order valence-electron chi connectivity index (χ3n) is 3.25. The molecule has 5 heteroatoms. The van der Waals surface area contributed by atoms with Gasteiger partial charge in [0.1, 0.15) is 0 Å². The average Bonchev–Trinajstić information content (AvgIpc) is 2.87. The lowest BCUT2D eigenvalue weighted by Gasteiger charge is -2.27. The van der Waals surface area contributed by atoms with Gasteiger partial charge in [0.05, 0.1) is 0 Å². The second-order valence-electron chi connectivity index (χ2n) is 4.45. The minimum absolute atomic E-state index is 0.594. The van der Waals surface area contributed by atoms with Gasteiger partial charge in [-0.25, -0.2) is 5.84 Å². The van der Waals surface area contributed by atoms with E-state index in [1.807, 2.05) is 6.92 Å². The molecule has 0 aromatic carbocycles. The molecule has 0 heterocycles. The van der Waals surface area contributed by atoms with Gasteiger partial charge in [-0.2, -0.15) is 0 Å². The van der Waals surface area contributed by atoms with Crippen molar-refractivity contribution in [1.29, 1.82) is 0 Å². The normalized spacial score (nSPS) is 17.5. The van der Waals surface area contributed by atoms with Crippen molar-refractivity contribution in [3.8, 4) is 0 Å². The molecule has 17 heavy (non-hydrogen) atoms. The molecule has 0 amide bonds. The molecule has 1 rings (SSSR count). The lowest BCUT2D eigenvalue weighted by molar-refractivity contribution is 0.146. The number of hydrogen-bond donors (Lipinski definition) is 2. The highest BCUT2D eigenvalue weighted by atomic mass is 16.5. The Balaban J connectivity index is 2.31. The second kappa shape index (κ2) is 8.31. The molecule has 100 valence electrons. The summed E-state index contributed by atoms with van der Waals surface area (Å²) in [7, 11) is 2.07. The fourth-order valence-electron chi connectivity index (χ4n) is 2.22. The van der Waals surface area contributed by atoms with Crippen molar-refractivity contribution in [2.75, 3.05) is 26.8 Å². The molecule has 0 aromatic rings. The highest BCUT2D eigenvalue weighted by Crippen LogP contribution is 2.22. The van der Waals surface area contributed by atoms with E-state index in [4.69, 9.17) is 10.6 Å². The van der Waals surface area contributed by atoms with Gasteiger partial charge in [-0.1, -0.05) is 12.8 Å². The van der Waals surface area contributed by atoms with E-state index in [9.17, 15) is 0 Å². The van der Waals surface area contributed by atoms with Gasteiger partial charge in [0.15, 0.2) is 0 Å². The van der Waals surface area contributed by atoms with Crippen LogP contribution in [0.25, 0.3) is 0 Å². The number of ether oxygens (including phenoxy) is 1. The maximum atomic E-state index is 5.53. The largest absolute Gasteiger partial charge is 0.382 e. The third kappa shape index (κ3) is 4.91. The Bertz CT molecular complexity index is 227. The number of guanidine groups is 1. The van der Waals surface area contributed by atoms with Crippen LogP contribution in [-0.4, -0.2) is 43.7 Å². The van der Waals surface area contributed by atoms with Crippen molar-refractivity contribution in [3.05, 3.63) is 0 Å². The summed E-state index contributed by atoms with van der Waals surface area (Å²) in [6, 6.07) is 0.594. The Morgan fingerprint density at radius 1 is 1.47 bits per heavy atom. The molecule has 0 radical (unpaired) electrons. The molecule has 0 unspecified atom stereocenters. The van der Waals surface area contributed by atoms with Gasteiger partial charge in [0, 0.05) is 32.8 Å². The van der Waals surface area contributed by atoms with E-state index >= 15 is 0 Å². The molecular weight excluding hydrogens is 216 g/mol. The predicted octanol–water partition coefficient (Wildman–Crippen LogP) is 1.11. The molecule has 0 spiro atoms. The Morgan fingerprint density at radius 2 is 2.18 bits per heavy atom. The molecule has 0 aromatic heterocycles. The summed E-state index contributed by atoms with van der Waals surface area (Å²) in [5, 5.41) is 0. The molecule has 5 nitrogen and oxygen atoms in total. The number of rotatable bonds is 6. The van der Waals surface area contributed by atoms with Crippen LogP contribution in [-0.2, 0) is 4.74 Å². The van der Waals surface area contributed by atoms with Crippen LogP contribution in [0.3, 0.4) is 0 Å². The average molecular weight is 242 g/mol. The van der Waals surface area contributed by atoms with Crippen molar-refractivity contribution in [1.82, 2.24) is 10.3 Å². The first-order valence-electron chi connectivity index (χ1n) is 6.61. The van der Waals surface area contributed by atoms with Gasteiger partial charge in [-0.05, 0) is 26.2 Å². The highest BCUT2D eigenvalue weighted by Gasteiger charge is 2.21. The fraction of sp³-hybridized carbons (Fsp3) is 0.917. The van der Waals surface area contributed by atoms with Crippen LogP contribution in [0.4, 0.5) is 0 Å². The molecule has 1 aliphatic carbocycles. The summed E-state index contributed by atoms with van der Waals surface area (Å²) < 4.78 is 5.27. The second-order valence-corrected chi connectivity index (χ2v) is 4.45. The Morgan fingerprint density at radius 3 is 2.76 bits per heavy atom. The topological polar surface area (TPSA) is 62.9 Å². The Kier molecular flexibility index (Phi) is 6.96. The van der Waals surface area contributed by atoms with Crippen molar-refractivity contribution in [2.24, 2.45) is 10.8 Å². The van der Waals surface area contributed by atoms with E-state index in [0.717, 1.165) is 32.1 Å². The molecule has 0 aliphatic heterocycles. The zero-order valence-electron chi connectivity index (χ0n) is 11.1. The minimum Gasteiger partial charge on any atom is -0.382 e. The summed E-state index contributed by atoms with van der Waals surface area (Å²) in [5.74, 6) is 6.33. The van der Waals surface area contributed by atoms with Crippen LogP contribution < -0.4 is 11.3 Å². The van der Waals surface area contributed by atoms with E-state index in [1.54, 1.807) is 0 Å². The predicted molar refractivity (Wildman–Crippen MR) is 70.8 cm³/mol. The van der Waals surface area contributed by atoms with Crippen LogP contribution in [0.2, 0.25) is 0 Å². The highest BCUT2D eigenvalue weighted by molar-refractivity contribution is 5.79. The van der Waals surface area contributed by atoms with Gasteiger partial charge in [0.2, 0.25) is 5.96 Å². The molecule has 0 saturated heterocycles. The van der Waals surface area contributed by atoms with Crippen LogP contribution in [0.1, 0.15) is 39.0 Å². The quantitative estimate of drug-likeness (QED) is 0.241. The minimum atomic E-state index is 0.594. The van der Waals surface area contributed by atoms with Crippen LogP contribution in [0, 0.1) is 0 Å². The van der Waals surface area contributed by atoms with E-state index in [-0.39, 0.29) is 0 Å². The SMILES string of the molecule is CCOCCCN=C(NN)N(C)C1CCCC1. The summed E-state index contributed by atoms with van der Waals surface area (Å²) >= 11 is 0. The van der Waals surface area contributed by atoms with E-state index in [1.165, 1.54) is 25.7 Å². The maximum absolute atomic E-state index is 5.53. The number of aliphatic imine (C=N–C) groups is 1. The van der Waals surface area contributed by atoms with E-state index in [0.29, 0.717) is 6.04 Å². The van der Waals surface area contributed by atoms with E-state index in [2.05, 4.69) is 22.4 Å². The summed E-state index contributed by atoms with van der Waals surface area (Å²) in [5.41, 5.74) is 2.70. The van der Waals surface area contributed by atoms with Crippen molar-refractivity contribution < 1.29 is 4.74 Å². The van der Waals surface area contributed by atoms with Gasteiger partial charge >= 0.3 is 0 Å². The smallest absolute Gasteiger partial charge is 0.208 e. The molecule has 1 saturated carbocycles. The van der Waals surface area contributed by atoms with Crippen molar-refractivity contribution in [2.45, 2.75) is 45.1 Å². The van der Waals surface area contributed by atoms with Crippen LogP contribution >= 0.6 is 0 Å². The zero-order valence-corrected chi connectivity index (χ0v) is 11.1. The lowest BCUT2D eigenvalue weighted by Crippen LogP contribution is -2.46. The zero-order chi connectivity index (χ0) is 12.5. The van der Waals surface area contributed by atoms with Gasteiger partial charge in [-0.3, -0.25) is 10.4 Å². The van der Waals surface area contributed by atoms with Crippen LogP contribution in [0.5, 0.6) is 0 Å². The molecule has 1 fully saturated rings.